The monoisotopic (exact) mass is 1340 g/mol. The van der Waals surface area contributed by atoms with Gasteiger partial charge in [0.2, 0.25) is 0 Å². The Morgan fingerprint density at radius 2 is 0.396 bits per heavy atom. The molecule has 0 aromatic heterocycles. The van der Waals surface area contributed by atoms with Crippen molar-refractivity contribution in [3.63, 3.8) is 0 Å². The van der Waals surface area contributed by atoms with Gasteiger partial charge < -0.3 is 0 Å². The molecule has 21 aromatic carbocycles. The number of hydrogen-bond acceptors (Lipinski definition) is 0. The molecule has 0 heterocycles. The van der Waals surface area contributed by atoms with Crippen LogP contribution in [0.2, 0.25) is 0 Å². The topological polar surface area (TPSA) is 0 Å². The Morgan fingerprint density at radius 1 is 0.0943 bits per heavy atom. The van der Waals surface area contributed by atoms with Gasteiger partial charge in [-0.25, -0.2) is 0 Å². The highest BCUT2D eigenvalue weighted by atomic mass is 14.3. The highest BCUT2D eigenvalue weighted by Gasteiger charge is 2.22. The first-order valence-corrected chi connectivity index (χ1v) is 36.8. The zero-order chi connectivity index (χ0) is 70.0. The van der Waals surface area contributed by atoms with E-state index in [9.17, 15) is 0 Å². The molecule has 0 N–H and O–H groups in total. The van der Waals surface area contributed by atoms with Gasteiger partial charge in [-0.15, -0.1) is 0 Å². The van der Waals surface area contributed by atoms with Gasteiger partial charge in [0.15, 0.2) is 0 Å². The molecule has 21 aromatic rings. The number of rotatable bonds is 9. The second-order valence-corrected chi connectivity index (χ2v) is 28.1. The third-order valence-corrected chi connectivity index (χ3v) is 22.0. The van der Waals surface area contributed by atoms with Gasteiger partial charge in [0.25, 0.3) is 0 Å². The SMILES string of the molecule is c1ccc(-c2cc(-c3ccccc3)cc(-c3c4ccccc4c(-c4ccc5ccc(-c6ccc(-c7cccc8ccccc78)cc6)cc5c4)c4ccccc34)c2)cc1.c1ccc2cc(-c3ccc4ccc(-c5c6ccccc6c(-c6cc7ccccc7c7ccccc67)c6ccccc56)cc4c3)ccc2c1. The maximum Gasteiger partial charge on any atom is -0.00199 e. The molecule has 492 valence electrons. The maximum absolute atomic E-state index is 2.40. The Labute approximate surface area is 616 Å². The highest BCUT2D eigenvalue weighted by Crippen LogP contribution is 2.49. The van der Waals surface area contributed by atoms with E-state index in [1.54, 1.807) is 0 Å². The molecule has 0 nitrogen and oxygen atoms in total. The summed E-state index contributed by atoms with van der Waals surface area (Å²) in [5.74, 6) is 0. The van der Waals surface area contributed by atoms with Crippen LogP contribution in [0.4, 0.5) is 0 Å². The van der Waals surface area contributed by atoms with Crippen molar-refractivity contribution in [2.75, 3.05) is 0 Å². The summed E-state index contributed by atoms with van der Waals surface area (Å²) >= 11 is 0. The first kappa shape index (κ1) is 62.0. The minimum Gasteiger partial charge on any atom is -0.0622 e. The van der Waals surface area contributed by atoms with Crippen LogP contribution in [-0.4, -0.2) is 0 Å². The summed E-state index contributed by atoms with van der Waals surface area (Å²) in [6.45, 7) is 0. The van der Waals surface area contributed by atoms with E-state index in [0.717, 1.165) is 0 Å². The average molecular weight is 1340 g/mol. The third kappa shape index (κ3) is 11.0. The molecule has 0 saturated heterocycles. The first-order valence-electron chi connectivity index (χ1n) is 36.8. The first-order chi connectivity index (χ1) is 52.5. The Morgan fingerprint density at radius 3 is 0.896 bits per heavy atom. The summed E-state index contributed by atoms with van der Waals surface area (Å²) in [4.78, 5) is 0. The van der Waals surface area contributed by atoms with E-state index in [1.165, 1.54) is 208 Å². The summed E-state index contributed by atoms with van der Waals surface area (Å²) in [5.41, 5.74) is 22.3. The van der Waals surface area contributed by atoms with Crippen LogP contribution in [0.15, 0.2) is 413 Å². The van der Waals surface area contributed by atoms with Crippen molar-refractivity contribution in [1.29, 1.82) is 0 Å². The molecular formula is C106H68. The zero-order valence-corrected chi connectivity index (χ0v) is 58.3. The Kier molecular flexibility index (Phi) is 15.4. The quantitative estimate of drug-likeness (QED) is 0.0998. The average Bonchev–Trinajstić information content (AvgIpc) is 0.728. The zero-order valence-electron chi connectivity index (χ0n) is 58.3. The minimum absolute atomic E-state index is 1.21. The Bertz CT molecular complexity index is 6860. The molecule has 0 aliphatic heterocycles. The summed E-state index contributed by atoms with van der Waals surface area (Å²) in [6.07, 6.45) is 0. The normalized spacial score (nSPS) is 11.6. The minimum atomic E-state index is 1.21. The van der Waals surface area contributed by atoms with Crippen molar-refractivity contribution in [1.82, 2.24) is 0 Å². The van der Waals surface area contributed by atoms with Crippen molar-refractivity contribution < 1.29 is 0 Å². The molecule has 0 bridgehead atoms. The van der Waals surface area contributed by atoms with Crippen LogP contribution in [0.3, 0.4) is 0 Å². The summed E-state index contributed by atoms with van der Waals surface area (Å²) in [6, 6.07) is 152. The highest BCUT2D eigenvalue weighted by molar-refractivity contribution is 6.27. The van der Waals surface area contributed by atoms with Gasteiger partial charge in [-0.3, -0.25) is 0 Å². The van der Waals surface area contributed by atoms with Crippen molar-refractivity contribution in [2.24, 2.45) is 0 Å². The van der Waals surface area contributed by atoms with Gasteiger partial charge in [0.1, 0.15) is 0 Å². The van der Waals surface area contributed by atoms with Crippen molar-refractivity contribution in [3.8, 4) is 100 Å². The molecule has 0 atom stereocenters. The van der Waals surface area contributed by atoms with Crippen molar-refractivity contribution >= 4 is 108 Å². The molecule has 0 amide bonds. The molecular weight excluding hydrogens is 1270 g/mol. The molecule has 0 fully saturated rings. The van der Waals surface area contributed by atoms with E-state index in [2.05, 4.69) is 413 Å². The fraction of sp³-hybridized carbons (Fsp3) is 0. The standard InChI is InChI=1S/C58H38.C48H30/c1-3-14-39(15-4-1)48-36-49(40-16-5-2-6-17-40)38-50(37-48)58-55-23-11-9-21-53(55)57(54-22-10-12-24-56(54)58)46-33-29-42-28-32-45(34-47(42)35-46)41-26-30-44(31-27-41)52-25-13-19-43-18-7-8-20-51(43)52;1-2-12-33-27-34(24-21-31(33)11-1)35-25-22-32-23-26-37(29-38(32)28-35)47-42-17-7-9-19-44(42)48(45-20-10-8-18-43(45)47)46-30-36-13-3-4-14-39(36)40-15-5-6-16-41(40)46/h1-38H;1-30H. The van der Waals surface area contributed by atoms with Crippen LogP contribution in [-0.2, 0) is 0 Å². The van der Waals surface area contributed by atoms with E-state index in [1.807, 2.05) is 0 Å². The maximum atomic E-state index is 2.40. The smallest absolute Gasteiger partial charge is 0.00199 e. The van der Waals surface area contributed by atoms with Gasteiger partial charge in [-0.05, 0) is 262 Å². The second kappa shape index (κ2) is 26.2. The van der Waals surface area contributed by atoms with Gasteiger partial charge in [0.05, 0.1) is 0 Å². The lowest BCUT2D eigenvalue weighted by molar-refractivity contribution is 1.58. The molecule has 0 spiro atoms. The van der Waals surface area contributed by atoms with Gasteiger partial charge in [0, 0.05) is 0 Å². The van der Waals surface area contributed by atoms with Crippen LogP contribution in [0.25, 0.3) is 208 Å². The van der Waals surface area contributed by atoms with Gasteiger partial charge in [-0.1, -0.05) is 358 Å². The van der Waals surface area contributed by atoms with Crippen molar-refractivity contribution in [2.45, 2.75) is 0 Å². The number of fused-ring (bicyclic) bond motifs is 11. The van der Waals surface area contributed by atoms with Crippen LogP contribution >= 0.6 is 0 Å². The fourth-order valence-corrected chi connectivity index (χ4v) is 17.0. The molecule has 0 radical (unpaired) electrons. The van der Waals surface area contributed by atoms with Crippen molar-refractivity contribution in [3.05, 3.63) is 413 Å². The summed E-state index contributed by atoms with van der Waals surface area (Å²) < 4.78 is 0. The molecule has 0 aliphatic rings. The lowest BCUT2D eigenvalue weighted by Crippen LogP contribution is -1.92. The predicted octanol–water partition coefficient (Wildman–Crippen LogP) is 29.9. The lowest BCUT2D eigenvalue weighted by atomic mass is 9.83. The predicted molar refractivity (Wildman–Crippen MR) is 457 cm³/mol. The second-order valence-electron chi connectivity index (χ2n) is 28.1. The molecule has 0 heteroatoms. The van der Waals surface area contributed by atoms with E-state index >= 15 is 0 Å². The molecule has 0 unspecified atom stereocenters. The Balaban J connectivity index is 0.000000143. The summed E-state index contributed by atoms with van der Waals surface area (Å²) in [5, 5.41) is 25.3. The molecule has 21 rings (SSSR count). The van der Waals surface area contributed by atoms with E-state index in [4.69, 9.17) is 0 Å². The third-order valence-electron chi connectivity index (χ3n) is 22.0. The van der Waals surface area contributed by atoms with Gasteiger partial charge >= 0.3 is 0 Å². The van der Waals surface area contributed by atoms with Gasteiger partial charge in [-0.2, -0.15) is 0 Å². The van der Waals surface area contributed by atoms with E-state index < -0.39 is 0 Å². The fourth-order valence-electron chi connectivity index (χ4n) is 17.0. The molecule has 0 aliphatic carbocycles. The lowest BCUT2D eigenvalue weighted by Gasteiger charge is -2.20. The van der Waals surface area contributed by atoms with Crippen LogP contribution in [0.1, 0.15) is 0 Å². The van der Waals surface area contributed by atoms with Crippen LogP contribution < -0.4 is 0 Å². The van der Waals surface area contributed by atoms with Crippen LogP contribution in [0, 0.1) is 0 Å². The van der Waals surface area contributed by atoms with E-state index in [-0.39, 0.29) is 0 Å². The Hall–Kier alpha value is -13.8. The van der Waals surface area contributed by atoms with Crippen LogP contribution in [0.5, 0.6) is 0 Å². The molecule has 0 saturated carbocycles. The summed E-state index contributed by atoms with van der Waals surface area (Å²) in [7, 11) is 0. The largest absolute Gasteiger partial charge is 0.0622 e. The number of benzene rings is 21. The number of hydrogen-bond donors (Lipinski definition) is 0. The molecule has 106 heavy (non-hydrogen) atoms. The van der Waals surface area contributed by atoms with E-state index in [0.29, 0.717) is 0 Å².